The van der Waals surface area contributed by atoms with Gasteiger partial charge in [-0.2, -0.15) is 0 Å². The summed E-state index contributed by atoms with van der Waals surface area (Å²) in [7, 11) is 0. The number of hydrogen-bond acceptors (Lipinski definition) is 4. The largest absolute Gasteiger partial charge is 0.456 e. The molecule has 8 aromatic rings. The van der Waals surface area contributed by atoms with Gasteiger partial charge in [-0.15, -0.1) is 0 Å². The third-order valence-corrected chi connectivity index (χ3v) is 10.1. The van der Waals surface area contributed by atoms with Gasteiger partial charge in [0, 0.05) is 33.2 Å². The summed E-state index contributed by atoms with van der Waals surface area (Å²) in [6.45, 7) is 4.55. The topological polar surface area (TPSA) is 34.8 Å². The van der Waals surface area contributed by atoms with Crippen LogP contribution in [0.4, 0.5) is 17.1 Å². The van der Waals surface area contributed by atoms with Gasteiger partial charge in [-0.1, -0.05) is 86.6 Å². The van der Waals surface area contributed by atoms with E-state index in [0.29, 0.717) is 11.5 Å². The summed E-state index contributed by atoms with van der Waals surface area (Å²) < 4.78 is 19.4. The van der Waals surface area contributed by atoms with Crippen LogP contribution in [0, 0.1) is 0 Å². The van der Waals surface area contributed by atoms with E-state index in [-0.39, 0.29) is 5.41 Å². The Hall–Kier alpha value is -6.26. The Morgan fingerprint density at radius 1 is 0.429 bits per heavy atom. The average Bonchev–Trinajstić information content (AvgIpc) is 3.61. The standard InChI is InChI=1S/C45H31NO3/c1-45(2)37-16-10-9-15-33(37)34-26-43-44(27-38(34)45)49-42-24-29(18-21-41(42)48-43)28-17-20-39-35(23-28)36-25-32(19-22-40(36)47-39)46(30-11-5-3-6-12-30)31-13-7-4-8-14-31/h3-27H,1-2H3. The van der Waals surface area contributed by atoms with Crippen LogP contribution < -0.4 is 14.4 Å². The van der Waals surface area contributed by atoms with Crippen LogP contribution in [-0.2, 0) is 5.41 Å². The number of nitrogens with zero attached hydrogens (tertiary/aromatic N) is 1. The minimum absolute atomic E-state index is 0.117. The molecule has 1 aliphatic carbocycles. The number of furan rings is 1. The molecule has 10 rings (SSSR count). The summed E-state index contributed by atoms with van der Waals surface area (Å²) in [4.78, 5) is 2.27. The summed E-state index contributed by atoms with van der Waals surface area (Å²) >= 11 is 0. The molecule has 0 saturated heterocycles. The van der Waals surface area contributed by atoms with Gasteiger partial charge >= 0.3 is 0 Å². The van der Waals surface area contributed by atoms with Crippen molar-refractivity contribution in [3.05, 3.63) is 163 Å². The van der Waals surface area contributed by atoms with Crippen LogP contribution in [0.5, 0.6) is 23.0 Å². The second-order valence-corrected chi connectivity index (χ2v) is 13.4. The van der Waals surface area contributed by atoms with Gasteiger partial charge in [0.1, 0.15) is 11.2 Å². The lowest BCUT2D eigenvalue weighted by atomic mass is 9.82. The molecule has 0 atom stereocenters. The van der Waals surface area contributed by atoms with E-state index >= 15 is 0 Å². The highest BCUT2D eigenvalue weighted by molar-refractivity contribution is 6.08. The Labute approximate surface area is 284 Å². The van der Waals surface area contributed by atoms with Gasteiger partial charge in [-0.25, -0.2) is 0 Å². The zero-order valence-corrected chi connectivity index (χ0v) is 27.1. The molecule has 0 unspecified atom stereocenters. The lowest BCUT2D eigenvalue weighted by molar-refractivity contribution is 0.359. The van der Waals surface area contributed by atoms with Crippen molar-refractivity contribution in [2.45, 2.75) is 19.3 Å². The normalized spacial score (nSPS) is 13.6. The quantitative estimate of drug-likeness (QED) is 0.193. The second kappa shape index (κ2) is 10.4. The summed E-state index contributed by atoms with van der Waals surface area (Å²) in [6, 6.07) is 52.8. The van der Waals surface area contributed by atoms with E-state index in [9.17, 15) is 0 Å². The minimum atomic E-state index is -0.117. The second-order valence-electron chi connectivity index (χ2n) is 13.4. The maximum atomic E-state index is 6.58. The molecule has 2 heterocycles. The molecular formula is C45H31NO3. The van der Waals surface area contributed by atoms with Crippen molar-refractivity contribution in [3.63, 3.8) is 0 Å². The Morgan fingerprint density at radius 3 is 1.80 bits per heavy atom. The Bertz CT molecular complexity index is 2540. The van der Waals surface area contributed by atoms with E-state index in [0.717, 1.165) is 61.6 Å². The van der Waals surface area contributed by atoms with E-state index in [4.69, 9.17) is 13.9 Å². The maximum absolute atomic E-state index is 6.58. The highest BCUT2D eigenvalue weighted by Gasteiger charge is 2.37. The smallest absolute Gasteiger partial charge is 0.170 e. The predicted octanol–water partition coefficient (Wildman–Crippen LogP) is 12.9. The Kier molecular flexibility index (Phi) is 5.89. The van der Waals surface area contributed by atoms with E-state index in [1.807, 2.05) is 18.2 Å². The fourth-order valence-corrected chi connectivity index (χ4v) is 7.64. The monoisotopic (exact) mass is 633 g/mol. The molecule has 4 nitrogen and oxygen atoms in total. The van der Waals surface area contributed by atoms with Crippen LogP contribution in [0.1, 0.15) is 25.0 Å². The molecule has 2 aliphatic rings. The maximum Gasteiger partial charge on any atom is 0.170 e. The molecule has 49 heavy (non-hydrogen) atoms. The number of rotatable bonds is 4. The lowest BCUT2D eigenvalue weighted by Crippen LogP contribution is -2.15. The van der Waals surface area contributed by atoms with Crippen molar-refractivity contribution < 1.29 is 13.9 Å². The predicted molar refractivity (Wildman–Crippen MR) is 198 cm³/mol. The molecule has 0 fully saturated rings. The van der Waals surface area contributed by atoms with Crippen LogP contribution in [0.2, 0.25) is 0 Å². The molecule has 0 saturated carbocycles. The van der Waals surface area contributed by atoms with E-state index in [1.54, 1.807) is 0 Å². The first-order chi connectivity index (χ1) is 24.0. The average molecular weight is 634 g/mol. The van der Waals surface area contributed by atoms with Gasteiger partial charge in [-0.3, -0.25) is 0 Å². The summed E-state index contributed by atoms with van der Waals surface area (Å²) in [6.07, 6.45) is 0. The van der Waals surface area contributed by atoms with Gasteiger partial charge in [0.05, 0.1) is 0 Å². The SMILES string of the molecule is CC1(C)c2ccccc2-c2cc3c(cc21)Oc1cc(-c2ccc4oc5ccc(N(c6ccccc6)c6ccccc6)cc5c4c2)ccc1O3. The number of fused-ring (bicyclic) bond motifs is 8. The molecule has 0 spiro atoms. The third kappa shape index (κ3) is 4.31. The van der Waals surface area contributed by atoms with Gasteiger partial charge in [0.15, 0.2) is 23.0 Å². The van der Waals surface area contributed by atoms with E-state index < -0.39 is 0 Å². The van der Waals surface area contributed by atoms with Gasteiger partial charge in [-0.05, 0) is 112 Å². The van der Waals surface area contributed by atoms with Crippen molar-refractivity contribution in [3.8, 4) is 45.3 Å². The van der Waals surface area contributed by atoms with Crippen molar-refractivity contribution in [2.75, 3.05) is 4.90 Å². The number of para-hydroxylation sites is 2. The molecule has 234 valence electrons. The van der Waals surface area contributed by atoms with Crippen LogP contribution >= 0.6 is 0 Å². The highest BCUT2D eigenvalue weighted by atomic mass is 16.6. The highest BCUT2D eigenvalue weighted by Crippen LogP contribution is 2.55. The molecule has 0 bridgehead atoms. The van der Waals surface area contributed by atoms with Crippen LogP contribution in [-0.4, -0.2) is 0 Å². The van der Waals surface area contributed by atoms with Crippen molar-refractivity contribution in [1.82, 2.24) is 0 Å². The first-order valence-corrected chi connectivity index (χ1v) is 16.7. The van der Waals surface area contributed by atoms with Gasteiger partial charge in [0.2, 0.25) is 0 Å². The fraction of sp³-hybridized carbons (Fsp3) is 0.0667. The molecule has 0 radical (unpaired) electrons. The number of ether oxygens (including phenoxy) is 2. The summed E-state index contributed by atoms with van der Waals surface area (Å²) in [5.41, 5.74) is 12.0. The zero-order valence-electron chi connectivity index (χ0n) is 27.1. The van der Waals surface area contributed by atoms with Crippen molar-refractivity contribution in [2.24, 2.45) is 0 Å². The number of hydrogen-bond donors (Lipinski definition) is 0. The van der Waals surface area contributed by atoms with Crippen LogP contribution in [0.15, 0.2) is 156 Å². The summed E-state index contributed by atoms with van der Waals surface area (Å²) in [5, 5.41) is 2.13. The molecule has 0 N–H and O–H groups in total. The molecular weight excluding hydrogens is 602 g/mol. The Morgan fingerprint density at radius 2 is 1.02 bits per heavy atom. The van der Waals surface area contributed by atoms with Crippen molar-refractivity contribution >= 4 is 39.0 Å². The lowest BCUT2D eigenvalue weighted by Gasteiger charge is -2.25. The molecule has 1 aliphatic heterocycles. The van der Waals surface area contributed by atoms with E-state index in [1.165, 1.54) is 22.3 Å². The van der Waals surface area contributed by atoms with Crippen LogP contribution in [0.3, 0.4) is 0 Å². The van der Waals surface area contributed by atoms with Crippen LogP contribution in [0.25, 0.3) is 44.2 Å². The Balaban J connectivity index is 1.03. The molecule has 0 amide bonds. The zero-order chi connectivity index (χ0) is 32.7. The van der Waals surface area contributed by atoms with E-state index in [2.05, 4.69) is 152 Å². The number of benzene rings is 7. The number of anilines is 3. The third-order valence-electron chi connectivity index (χ3n) is 10.1. The fourth-order valence-electron chi connectivity index (χ4n) is 7.64. The minimum Gasteiger partial charge on any atom is -0.456 e. The molecule has 7 aromatic carbocycles. The van der Waals surface area contributed by atoms with Gasteiger partial charge in [0.25, 0.3) is 0 Å². The molecule has 4 heteroatoms. The first-order valence-electron chi connectivity index (χ1n) is 16.7. The summed E-state index contributed by atoms with van der Waals surface area (Å²) in [5.74, 6) is 2.91. The first kappa shape index (κ1) is 27.8. The molecule has 1 aromatic heterocycles. The van der Waals surface area contributed by atoms with Gasteiger partial charge < -0.3 is 18.8 Å². The van der Waals surface area contributed by atoms with Crippen molar-refractivity contribution in [1.29, 1.82) is 0 Å².